The SMILES string of the molecule is CC(C)O[Si](C)(C)O[Si](C)(C)O. The van der Waals surface area contributed by atoms with Gasteiger partial charge in [0.05, 0.1) is 0 Å². The van der Waals surface area contributed by atoms with Crippen molar-refractivity contribution in [2.45, 2.75) is 46.1 Å². The van der Waals surface area contributed by atoms with Crippen molar-refractivity contribution in [3.05, 3.63) is 0 Å². The van der Waals surface area contributed by atoms with Crippen molar-refractivity contribution >= 4 is 17.1 Å². The van der Waals surface area contributed by atoms with Crippen molar-refractivity contribution in [3.63, 3.8) is 0 Å². The van der Waals surface area contributed by atoms with E-state index in [1.54, 1.807) is 13.1 Å². The molecule has 0 fully saturated rings. The van der Waals surface area contributed by atoms with E-state index >= 15 is 0 Å². The second kappa shape index (κ2) is 4.01. The summed E-state index contributed by atoms with van der Waals surface area (Å²) in [7, 11) is -4.51. The zero-order chi connectivity index (χ0) is 9.99. The summed E-state index contributed by atoms with van der Waals surface area (Å²) in [5, 5.41) is 0. The van der Waals surface area contributed by atoms with Gasteiger partial charge in [-0.2, -0.15) is 0 Å². The molecule has 0 aliphatic heterocycles. The zero-order valence-electron chi connectivity index (χ0n) is 8.84. The zero-order valence-corrected chi connectivity index (χ0v) is 10.8. The lowest BCUT2D eigenvalue weighted by Gasteiger charge is -2.30. The normalized spacial score (nSPS) is 14.0. The van der Waals surface area contributed by atoms with E-state index in [0.29, 0.717) is 0 Å². The summed E-state index contributed by atoms with van der Waals surface area (Å²) in [4.78, 5) is 9.54. The molecule has 12 heavy (non-hydrogen) atoms. The van der Waals surface area contributed by atoms with E-state index in [1.807, 2.05) is 26.9 Å². The first-order valence-corrected chi connectivity index (χ1v) is 9.90. The maximum absolute atomic E-state index is 9.54. The number of hydrogen-bond donors (Lipinski definition) is 1. The Morgan fingerprint density at radius 3 is 1.75 bits per heavy atom. The minimum atomic E-state index is -2.42. The van der Waals surface area contributed by atoms with Crippen LogP contribution in [0, 0.1) is 0 Å². The highest BCUT2D eigenvalue weighted by atomic mass is 28.5. The molecule has 0 atom stereocenters. The van der Waals surface area contributed by atoms with Crippen molar-refractivity contribution in [1.29, 1.82) is 0 Å². The van der Waals surface area contributed by atoms with Gasteiger partial charge in [-0.1, -0.05) is 0 Å². The molecule has 0 aliphatic carbocycles. The number of rotatable bonds is 4. The Kier molecular flexibility index (Phi) is 4.12. The third-order valence-electron chi connectivity index (χ3n) is 1.02. The molecular formula is C7H20O3Si2. The van der Waals surface area contributed by atoms with Crippen molar-refractivity contribution in [2.24, 2.45) is 0 Å². The van der Waals surface area contributed by atoms with Gasteiger partial charge in [-0.25, -0.2) is 0 Å². The van der Waals surface area contributed by atoms with Gasteiger partial charge in [0.25, 0.3) is 0 Å². The van der Waals surface area contributed by atoms with Gasteiger partial charge in [-0.3, -0.25) is 0 Å². The molecule has 1 N–H and O–H groups in total. The minimum absolute atomic E-state index is 0.169. The average molecular weight is 208 g/mol. The van der Waals surface area contributed by atoms with E-state index in [2.05, 4.69) is 0 Å². The Balaban J connectivity index is 4.04. The van der Waals surface area contributed by atoms with Crippen LogP contribution in [-0.4, -0.2) is 28.0 Å². The van der Waals surface area contributed by atoms with Crippen molar-refractivity contribution in [1.82, 2.24) is 0 Å². The van der Waals surface area contributed by atoms with Gasteiger partial charge in [-0.05, 0) is 40.0 Å². The molecule has 0 aromatic heterocycles. The summed E-state index contributed by atoms with van der Waals surface area (Å²) in [5.74, 6) is 0. The van der Waals surface area contributed by atoms with Crippen LogP contribution in [0.4, 0.5) is 0 Å². The summed E-state index contributed by atoms with van der Waals surface area (Å²) in [6.07, 6.45) is 0.169. The molecule has 0 heterocycles. The van der Waals surface area contributed by atoms with E-state index in [-0.39, 0.29) is 6.10 Å². The second-order valence-corrected chi connectivity index (χ2v) is 10.9. The highest BCUT2D eigenvalue weighted by Crippen LogP contribution is 2.14. The summed E-state index contributed by atoms with van der Waals surface area (Å²) in [6, 6.07) is 0. The molecule has 0 aromatic carbocycles. The fraction of sp³-hybridized carbons (Fsp3) is 1.00. The van der Waals surface area contributed by atoms with Crippen LogP contribution in [0.15, 0.2) is 0 Å². The molecule has 0 aliphatic rings. The quantitative estimate of drug-likeness (QED) is 0.716. The molecule has 0 aromatic rings. The van der Waals surface area contributed by atoms with E-state index in [0.717, 1.165) is 0 Å². The van der Waals surface area contributed by atoms with Gasteiger partial charge >= 0.3 is 17.1 Å². The molecule has 0 radical (unpaired) electrons. The predicted molar refractivity (Wildman–Crippen MR) is 54.5 cm³/mol. The lowest BCUT2D eigenvalue weighted by atomic mass is 10.5. The second-order valence-electron chi connectivity index (χ2n) is 4.12. The van der Waals surface area contributed by atoms with E-state index in [9.17, 15) is 4.80 Å². The molecule has 0 rings (SSSR count). The highest BCUT2D eigenvalue weighted by molar-refractivity contribution is 6.78. The van der Waals surface area contributed by atoms with Crippen LogP contribution in [0.1, 0.15) is 13.8 Å². The van der Waals surface area contributed by atoms with E-state index < -0.39 is 17.1 Å². The first kappa shape index (κ1) is 12.3. The van der Waals surface area contributed by atoms with Gasteiger partial charge in [0, 0.05) is 6.10 Å². The topological polar surface area (TPSA) is 38.7 Å². The predicted octanol–water partition coefficient (Wildman–Crippen LogP) is 1.82. The molecule has 0 spiro atoms. The highest BCUT2D eigenvalue weighted by Gasteiger charge is 2.34. The Morgan fingerprint density at radius 1 is 1.08 bits per heavy atom. The fourth-order valence-corrected chi connectivity index (χ4v) is 7.33. The molecule has 0 unspecified atom stereocenters. The first-order chi connectivity index (χ1) is 5.12. The van der Waals surface area contributed by atoms with Crippen LogP contribution < -0.4 is 0 Å². The Labute approximate surface area is 77.2 Å². The standard InChI is InChI=1S/C7H20O3Si2/c1-7(2)9-12(5,6)10-11(3,4)8/h7-8H,1-6H3. The summed E-state index contributed by atoms with van der Waals surface area (Å²) in [6.45, 7) is 11.4. The maximum atomic E-state index is 9.54. The van der Waals surface area contributed by atoms with Crippen LogP contribution in [0.25, 0.3) is 0 Å². The summed E-state index contributed by atoms with van der Waals surface area (Å²) >= 11 is 0. The molecule has 0 bridgehead atoms. The lowest BCUT2D eigenvalue weighted by molar-refractivity contribution is 0.177. The van der Waals surface area contributed by atoms with Crippen LogP contribution in [0.2, 0.25) is 26.2 Å². The van der Waals surface area contributed by atoms with Crippen molar-refractivity contribution in [2.75, 3.05) is 0 Å². The van der Waals surface area contributed by atoms with Crippen LogP contribution in [-0.2, 0) is 8.54 Å². The van der Waals surface area contributed by atoms with Gasteiger partial charge in [-0.15, -0.1) is 0 Å². The summed E-state index contributed by atoms with van der Waals surface area (Å²) in [5.41, 5.74) is 0. The van der Waals surface area contributed by atoms with E-state index in [1.165, 1.54) is 0 Å². The van der Waals surface area contributed by atoms with Crippen molar-refractivity contribution in [3.8, 4) is 0 Å². The summed E-state index contributed by atoms with van der Waals surface area (Å²) < 4.78 is 11.2. The van der Waals surface area contributed by atoms with Gasteiger partial charge in [0.2, 0.25) is 0 Å². The molecule has 0 amide bonds. The lowest BCUT2D eigenvalue weighted by Crippen LogP contribution is -2.47. The largest absolute Gasteiger partial charge is 0.415 e. The Hall–Kier alpha value is 0.314. The van der Waals surface area contributed by atoms with Crippen LogP contribution in [0.3, 0.4) is 0 Å². The smallest absolute Gasteiger partial charge is 0.323 e. The Bertz CT molecular complexity index is 140. The molecule has 74 valence electrons. The molecule has 0 saturated heterocycles. The molecular weight excluding hydrogens is 188 g/mol. The molecule has 3 nitrogen and oxygen atoms in total. The third-order valence-corrected chi connectivity index (χ3v) is 6.02. The van der Waals surface area contributed by atoms with Gasteiger partial charge in [0.15, 0.2) is 0 Å². The van der Waals surface area contributed by atoms with Crippen LogP contribution >= 0.6 is 0 Å². The monoisotopic (exact) mass is 208 g/mol. The minimum Gasteiger partial charge on any atom is -0.415 e. The van der Waals surface area contributed by atoms with Gasteiger partial charge < -0.3 is 13.3 Å². The molecule has 0 saturated carbocycles. The maximum Gasteiger partial charge on any atom is 0.323 e. The van der Waals surface area contributed by atoms with E-state index in [4.69, 9.17) is 8.54 Å². The fourth-order valence-electron chi connectivity index (χ4n) is 1.19. The molecule has 5 heteroatoms. The van der Waals surface area contributed by atoms with Crippen LogP contribution in [0.5, 0.6) is 0 Å². The van der Waals surface area contributed by atoms with Gasteiger partial charge in [0.1, 0.15) is 0 Å². The third kappa shape index (κ3) is 6.99. The van der Waals surface area contributed by atoms with Crippen molar-refractivity contribution < 1.29 is 13.3 Å². The Morgan fingerprint density at radius 2 is 1.50 bits per heavy atom. The number of hydrogen-bond acceptors (Lipinski definition) is 3. The average Bonchev–Trinajstić information content (AvgIpc) is 1.48. The first-order valence-electron chi connectivity index (χ1n) is 4.23.